The number of amides is 4. The summed E-state index contributed by atoms with van der Waals surface area (Å²) in [4.78, 5) is 40.0. The van der Waals surface area contributed by atoms with E-state index in [1.165, 1.54) is 17.9 Å². The molecule has 0 unspecified atom stereocenters. The van der Waals surface area contributed by atoms with Gasteiger partial charge in [0, 0.05) is 28.7 Å². The number of carbonyl (C=O) groups is 3. The molecule has 1 heterocycles. The Labute approximate surface area is 162 Å². The summed E-state index contributed by atoms with van der Waals surface area (Å²) in [5.41, 5.74) is -0.966. The van der Waals surface area contributed by atoms with Crippen molar-refractivity contribution in [3.63, 3.8) is 0 Å². The maximum absolute atomic E-state index is 12.9. The summed E-state index contributed by atoms with van der Waals surface area (Å²) in [6.07, 6.45) is 3.12. The minimum absolute atomic E-state index is 0.252. The van der Waals surface area contributed by atoms with Crippen molar-refractivity contribution in [1.29, 1.82) is 0 Å². The van der Waals surface area contributed by atoms with Crippen molar-refractivity contribution in [1.82, 2.24) is 15.1 Å². The number of hydrogen-bond donors (Lipinski definition) is 1. The van der Waals surface area contributed by atoms with Crippen LogP contribution < -0.4 is 5.32 Å². The Morgan fingerprint density at radius 1 is 1.27 bits per heavy atom. The zero-order valence-corrected chi connectivity index (χ0v) is 15.8. The number of urea groups is 1. The Morgan fingerprint density at radius 3 is 2.42 bits per heavy atom. The summed E-state index contributed by atoms with van der Waals surface area (Å²) >= 11 is 12.1. The third-order valence-electron chi connectivity index (χ3n) is 4.09. The van der Waals surface area contributed by atoms with Gasteiger partial charge >= 0.3 is 6.03 Å². The van der Waals surface area contributed by atoms with Crippen LogP contribution in [0.2, 0.25) is 10.0 Å². The van der Waals surface area contributed by atoms with Gasteiger partial charge in [-0.05, 0) is 19.1 Å². The third-order valence-corrected chi connectivity index (χ3v) is 4.64. The Hall–Kier alpha value is -2.31. The lowest BCUT2D eigenvalue weighted by Crippen LogP contribution is -2.44. The fourth-order valence-corrected chi connectivity index (χ4v) is 3.34. The Balaban J connectivity index is 2.26. The minimum atomic E-state index is -1.37. The zero-order valence-electron chi connectivity index (χ0n) is 14.3. The van der Waals surface area contributed by atoms with Gasteiger partial charge in [-0.15, -0.1) is 13.2 Å². The van der Waals surface area contributed by atoms with Gasteiger partial charge in [0.25, 0.3) is 5.91 Å². The number of nitrogens with zero attached hydrogens (tertiary/aromatic N) is 2. The predicted octanol–water partition coefficient (Wildman–Crippen LogP) is 2.96. The molecule has 1 saturated heterocycles. The molecule has 8 heteroatoms. The number of rotatable bonds is 7. The Kier molecular flexibility index (Phi) is 6.10. The average Bonchev–Trinajstić information content (AvgIpc) is 2.78. The third kappa shape index (κ3) is 3.76. The molecule has 2 rings (SSSR count). The molecule has 0 spiro atoms. The SMILES string of the molecule is C=CCN(CC=C)C(=O)CN1C(=O)N[C@](C)(c2ccc(Cl)cc2Cl)C1=O. The molecule has 1 aromatic carbocycles. The Bertz CT molecular complexity index is 771. The highest BCUT2D eigenvalue weighted by atomic mass is 35.5. The van der Waals surface area contributed by atoms with Crippen molar-refractivity contribution in [2.45, 2.75) is 12.5 Å². The van der Waals surface area contributed by atoms with Gasteiger partial charge in [-0.3, -0.25) is 14.5 Å². The van der Waals surface area contributed by atoms with E-state index in [9.17, 15) is 14.4 Å². The number of benzene rings is 1. The molecule has 6 nitrogen and oxygen atoms in total. The second kappa shape index (κ2) is 7.93. The van der Waals surface area contributed by atoms with Crippen molar-refractivity contribution in [3.8, 4) is 0 Å². The highest BCUT2D eigenvalue weighted by Crippen LogP contribution is 2.34. The van der Waals surface area contributed by atoms with Crippen LogP contribution in [0.1, 0.15) is 12.5 Å². The first kappa shape index (κ1) is 20.0. The van der Waals surface area contributed by atoms with E-state index in [1.54, 1.807) is 24.3 Å². The standard InChI is InChI=1S/C18H19Cl2N3O3/c1-4-8-22(9-5-2)15(24)11-23-16(25)18(3,21-17(23)26)13-7-6-12(19)10-14(13)20/h4-7,10H,1-2,8-9,11H2,3H3,(H,21,26)/t18-/m1/s1. The van der Waals surface area contributed by atoms with Crippen LogP contribution in [-0.4, -0.2) is 47.3 Å². The highest BCUT2D eigenvalue weighted by molar-refractivity contribution is 6.35. The second-order valence-corrected chi connectivity index (χ2v) is 6.79. The predicted molar refractivity (Wildman–Crippen MR) is 101 cm³/mol. The lowest BCUT2D eigenvalue weighted by atomic mass is 9.92. The van der Waals surface area contributed by atoms with Gasteiger partial charge in [0.15, 0.2) is 0 Å². The maximum atomic E-state index is 12.9. The van der Waals surface area contributed by atoms with Gasteiger partial charge in [0.05, 0.1) is 0 Å². The molecule has 0 aliphatic carbocycles. The lowest BCUT2D eigenvalue weighted by Gasteiger charge is -2.24. The van der Waals surface area contributed by atoms with Crippen LogP contribution in [0, 0.1) is 0 Å². The fourth-order valence-electron chi connectivity index (χ4n) is 2.74. The normalized spacial score (nSPS) is 19.3. The molecule has 0 aromatic heterocycles. The van der Waals surface area contributed by atoms with Crippen LogP contribution in [0.3, 0.4) is 0 Å². The van der Waals surface area contributed by atoms with Crippen molar-refractivity contribution in [2.24, 2.45) is 0 Å². The van der Waals surface area contributed by atoms with Gasteiger partial charge in [0.1, 0.15) is 12.1 Å². The van der Waals surface area contributed by atoms with Gasteiger partial charge in [-0.1, -0.05) is 41.4 Å². The van der Waals surface area contributed by atoms with Crippen molar-refractivity contribution < 1.29 is 14.4 Å². The van der Waals surface area contributed by atoms with E-state index in [1.807, 2.05) is 0 Å². The molecule has 0 saturated carbocycles. The van der Waals surface area contributed by atoms with Gasteiger partial charge in [0.2, 0.25) is 5.91 Å². The summed E-state index contributed by atoms with van der Waals surface area (Å²) in [5, 5.41) is 3.28. The molecule has 1 aromatic rings. The summed E-state index contributed by atoms with van der Waals surface area (Å²) in [7, 11) is 0. The van der Waals surface area contributed by atoms with E-state index in [0.29, 0.717) is 10.6 Å². The van der Waals surface area contributed by atoms with Gasteiger partial charge in [-0.2, -0.15) is 0 Å². The average molecular weight is 396 g/mol. The summed E-state index contributed by atoms with van der Waals surface area (Å²) < 4.78 is 0. The topological polar surface area (TPSA) is 69.7 Å². The van der Waals surface area contributed by atoms with Crippen LogP contribution in [0.25, 0.3) is 0 Å². The molecule has 1 aliphatic heterocycles. The fraction of sp³-hybridized carbons (Fsp3) is 0.278. The van der Waals surface area contributed by atoms with Gasteiger partial charge in [-0.25, -0.2) is 4.79 Å². The van der Waals surface area contributed by atoms with E-state index < -0.39 is 17.5 Å². The molecule has 138 valence electrons. The quantitative estimate of drug-likeness (QED) is 0.569. The first-order valence-electron chi connectivity index (χ1n) is 7.83. The monoisotopic (exact) mass is 395 g/mol. The van der Waals surface area contributed by atoms with Gasteiger partial charge < -0.3 is 10.2 Å². The number of halogens is 2. The van der Waals surface area contributed by atoms with E-state index in [4.69, 9.17) is 23.2 Å². The largest absolute Gasteiger partial charge is 0.334 e. The number of nitrogens with one attached hydrogen (secondary N) is 1. The van der Waals surface area contributed by atoms with Crippen LogP contribution in [-0.2, 0) is 15.1 Å². The molecular formula is C18H19Cl2N3O3. The molecule has 0 bridgehead atoms. The Morgan fingerprint density at radius 2 is 1.88 bits per heavy atom. The van der Waals surface area contributed by atoms with Crippen LogP contribution in [0.4, 0.5) is 4.79 Å². The van der Waals surface area contributed by atoms with Crippen molar-refractivity contribution >= 4 is 41.0 Å². The molecule has 1 N–H and O–H groups in total. The molecule has 0 radical (unpaired) electrons. The molecule has 1 aliphatic rings. The smallest absolute Gasteiger partial charge is 0.325 e. The van der Waals surface area contributed by atoms with Crippen LogP contribution >= 0.6 is 23.2 Å². The highest BCUT2D eigenvalue weighted by Gasteiger charge is 2.50. The number of carbonyl (C=O) groups excluding carboxylic acids is 3. The minimum Gasteiger partial charge on any atom is -0.334 e. The molecule has 1 atom stereocenters. The van der Waals surface area contributed by atoms with Crippen molar-refractivity contribution in [3.05, 3.63) is 59.1 Å². The van der Waals surface area contributed by atoms with E-state index in [-0.39, 0.29) is 30.6 Å². The first-order chi connectivity index (χ1) is 12.2. The lowest BCUT2D eigenvalue weighted by molar-refractivity contribution is -0.138. The molecule has 1 fully saturated rings. The van der Waals surface area contributed by atoms with Crippen molar-refractivity contribution in [2.75, 3.05) is 19.6 Å². The molecule has 26 heavy (non-hydrogen) atoms. The number of imide groups is 1. The van der Waals surface area contributed by atoms with Crippen LogP contribution in [0.5, 0.6) is 0 Å². The van der Waals surface area contributed by atoms with E-state index in [0.717, 1.165) is 4.90 Å². The summed E-state index contributed by atoms with van der Waals surface area (Å²) in [6.45, 7) is 8.92. The maximum Gasteiger partial charge on any atom is 0.325 e. The summed E-state index contributed by atoms with van der Waals surface area (Å²) in [6, 6.07) is 3.99. The second-order valence-electron chi connectivity index (χ2n) is 5.95. The zero-order chi connectivity index (χ0) is 19.5. The van der Waals surface area contributed by atoms with Crippen LogP contribution in [0.15, 0.2) is 43.5 Å². The number of hydrogen-bond acceptors (Lipinski definition) is 3. The van der Waals surface area contributed by atoms with E-state index >= 15 is 0 Å². The van der Waals surface area contributed by atoms with E-state index in [2.05, 4.69) is 18.5 Å². The molecular weight excluding hydrogens is 377 g/mol. The molecule has 4 amide bonds. The first-order valence-corrected chi connectivity index (χ1v) is 8.59. The summed E-state index contributed by atoms with van der Waals surface area (Å²) in [5.74, 6) is -0.947.